The third-order valence-electron chi connectivity index (χ3n) is 3.00. The van der Waals surface area contributed by atoms with Gasteiger partial charge in [0.1, 0.15) is 12.5 Å². The predicted octanol–water partition coefficient (Wildman–Crippen LogP) is 1.74. The van der Waals surface area contributed by atoms with Crippen molar-refractivity contribution < 1.29 is 8.78 Å². The fraction of sp³-hybridized carbons (Fsp3) is 0.500. The number of hydrogen-bond acceptors (Lipinski definition) is 2. The van der Waals surface area contributed by atoms with E-state index in [0.717, 1.165) is 26.2 Å². The van der Waals surface area contributed by atoms with Gasteiger partial charge in [0, 0.05) is 31.7 Å². The van der Waals surface area contributed by atoms with Crippen LogP contribution in [0.3, 0.4) is 0 Å². The molecule has 1 aliphatic heterocycles. The topological polar surface area (TPSA) is 15.3 Å². The Morgan fingerprint density at radius 2 is 1.94 bits per heavy atom. The van der Waals surface area contributed by atoms with Crippen molar-refractivity contribution in [3.8, 4) is 0 Å². The molecule has 16 heavy (non-hydrogen) atoms. The molecule has 88 valence electrons. The van der Waals surface area contributed by atoms with Gasteiger partial charge in [-0.3, -0.25) is 4.90 Å². The number of alkyl halides is 1. The second-order valence-electron chi connectivity index (χ2n) is 3.98. The van der Waals surface area contributed by atoms with Crippen LogP contribution in [0.4, 0.5) is 8.78 Å². The highest BCUT2D eigenvalue weighted by Crippen LogP contribution is 2.23. The summed E-state index contributed by atoms with van der Waals surface area (Å²) < 4.78 is 26.7. The van der Waals surface area contributed by atoms with Gasteiger partial charge in [-0.25, -0.2) is 8.78 Å². The molecule has 1 heterocycles. The van der Waals surface area contributed by atoms with Crippen LogP contribution in [0.25, 0.3) is 0 Å². The first-order valence-electron chi connectivity index (χ1n) is 5.58. The summed E-state index contributed by atoms with van der Waals surface area (Å²) in [5, 5.41) is 3.20. The predicted molar refractivity (Wildman–Crippen MR) is 59.6 cm³/mol. The number of nitrogens with zero attached hydrogens (tertiary/aromatic N) is 1. The standard InChI is InChI=1S/C12H16F2N2/c13-9-12(16-7-5-15-6-8-16)10-3-1-2-4-11(10)14/h1-4,12,15H,5-9H2/t12-/m0/s1. The van der Waals surface area contributed by atoms with Crippen LogP contribution in [-0.2, 0) is 0 Å². The highest BCUT2D eigenvalue weighted by molar-refractivity contribution is 5.21. The monoisotopic (exact) mass is 226 g/mol. The maximum atomic E-state index is 13.6. The van der Waals surface area contributed by atoms with Crippen LogP contribution in [0.15, 0.2) is 24.3 Å². The van der Waals surface area contributed by atoms with Crippen LogP contribution in [0.2, 0.25) is 0 Å². The fourth-order valence-corrected chi connectivity index (χ4v) is 2.12. The minimum absolute atomic E-state index is 0.316. The van der Waals surface area contributed by atoms with E-state index in [9.17, 15) is 8.78 Å². The summed E-state index contributed by atoms with van der Waals surface area (Å²) in [5.74, 6) is -0.316. The molecule has 1 aromatic rings. The van der Waals surface area contributed by atoms with Crippen LogP contribution in [0.5, 0.6) is 0 Å². The second-order valence-corrected chi connectivity index (χ2v) is 3.98. The van der Waals surface area contributed by atoms with E-state index in [4.69, 9.17) is 0 Å². The van der Waals surface area contributed by atoms with Gasteiger partial charge in [-0.1, -0.05) is 18.2 Å². The molecule has 2 nitrogen and oxygen atoms in total. The summed E-state index contributed by atoms with van der Waals surface area (Å²) in [6.45, 7) is 2.67. The van der Waals surface area contributed by atoms with Crippen molar-refractivity contribution in [1.82, 2.24) is 10.2 Å². The number of rotatable bonds is 3. The highest BCUT2D eigenvalue weighted by atomic mass is 19.1. The van der Waals surface area contributed by atoms with Gasteiger partial charge < -0.3 is 5.32 Å². The van der Waals surface area contributed by atoms with E-state index in [2.05, 4.69) is 5.32 Å². The van der Waals surface area contributed by atoms with E-state index in [-0.39, 0.29) is 5.82 Å². The smallest absolute Gasteiger partial charge is 0.128 e. The third-order valence-corrected chi connectivity index (χ3v) is 3.00. The first-order chi connectivity index (χ1) is 7.83. The summed E-state index contributed by atoms with van der Waals surface area (Å²) in [6.07, 6.45) is 0. The average molecular weight is 226 g/mol. The minimum atomic E-state index is -0.541. The number of nitrogens with one attached hydrogen (secondary N) is 1. The van der Waals surface area contributed by atoms with Gasteiger partial charge in [0.25, 0.3) is 0 Å². The molecule has 0 spiro atoms. The summed E-state index contributed by atoms with van der Waals surface area (Å²) in [6, 6.07) is 6.00. The van der Waals surface area contributed by atoms with Gasteiger partial charge in [0.15, 0.2) is 0 Å². The molecule has 0 amide bonds. The lowest BCUT2D eigenvalue weighted by molar-refractivity contribution is 0.144. The molecule has 1 aliphatic rings. The molecule has 0 bridgehead atoms. The van der Waals surface area contributed by atoms with E-state index < -0.39 is 12.7 Å². The van der Waals surface area contributed by atoms with Crippen molar-refractivity contribution in [2.24, 2.45) is 0 Å². The zero-order chi connectivity index (χ0) is 11.4. The number of halogens is 2. The van der Waals surface area contributed by atoms with E-state index in [1.165, 1.54) is 6.07 Å². The Hall–Kier alpha value is -1.00. The van der Waals surface area contributed by atoms with E-state index in [1.807, 2.05) is 4.90 Å². The van der Waals surface area contributed by atoms with Gasteiger partial charge in [0.05, 0.1) is 6.04 Å². The summed E-state index contributed by atoms with van der Waals surface area (Å²) in [7, 11) is 0. The molecule has 4 heteroatoms. The van der Waals surface area contributed by atoms with E-state index >= 15 is 0 Å². The molecule has 2 rings (SSSR count). The summed E-state index contributed by atoms with van der Waals surface area (Å²) in [4.78, 5) is 1.99. The first kappa shape index (κ1) is 11.5. The Bertz CT molecular complexity index is 338. The average Bonchev–Trinajstić information content (AvgIpc) is 2.34. The van der Waals surface area contributed by atoms with Gasteiger partial charge in [-0.15, -0.1) is 0 Å². The molecular formula is C12H16F2N2. The molecule has 1 aromatic carbocycles. The number of hydrogen-bond donors (Lipinski definition) is 1. The minimum Gasteiger partial charge on any atom is -0.314 e. The van der Waals surface area contributed by atoms with Gasteiger partial charge in [-0.2, -0.15) is 0 Å². The molecule has 0 unspecified atom stereocenters. The maximum Gasteiger partial charge on any atom is 0.128 e. The second kappa shape index (κ2) is 5.37. The zero-order valence-corrected chi connectivity index (χ0v) is 9.13. The third kappa shape index (κ3) is 2.39. The summed E-state index contributed by atoms with van der Waals surface area (Å²) in [5.41, 5.74) is 0.465. The van der Waals surface area contributed by atoms with Crippen molar-refractivity contribution >= 4 is 0 Å². The lowest BCUT2D eigenvalue weighted by atomic mass is 10.1. The van der Waals surface area contributed by atoms with Crippen molar-refractivity contribution in [3.63, 3.8) is 0 Å². The normalized spacial score (nSPS) is 19.6. The molecule has 0 aromatic heterocycles. The van der Waals surface area contributed by atoms with Crippen LogP contribution in [0, 0.1) is 5.82 Å². The molecule has 0 radical (unpaired) electrons. The van der Waals surface area contributed by atoms with Crippen molar-refractivity contribution in [2.45, 2.75) is 6.04 Å². The molecule has 1 atom stereocenters. The molecular weight excluding hydrogens is 210 g/mol. The lowest BCUT2D eigenvalue weighted by Gasteiger charge is -2.33. The molecule has 1 fully saturated rings. The molecule has 1 N–H and O–H groups in total. The van der Waals surface area contributed by atoms with Crippen molar-refractivity contribution in [1.29, 1.82) is 0 Å². The van der Waals surface area contributed by atoms with Gasteiger partial charge in [-0.05, 0) is 6.07 Å². The molecule has 0 saturated carbocycles. The Morgan fingerprint density at radius 3 is 2.56 bits per heavy atom. The Morgan fingerprint density at radius 1 is 1.25 bits per heavy atom. The molecule has 0 aliphatic carbocycles. The largest absolute Gasteiger partial charge is 0.314 e. The Kier molecular flexibility index (Phi) is 3.85. The lowest BCUT2D eigenvalue weighted by Crippen LogP contribution is -2.45. The van der Waals surface area contributed by atoms with E-state index in [1.54, 1.807) is 18.2 Å². The van der Waals surface area contributed by atoms with Crippen LogP contribution < -0.4 is 5.32 Å². The van der Waals surface area contributed by atoms with Crippen LogP contribution in [0.1, 0.15) is 11.6 Å². The highest BCUT2D eigenvalue weighted by Gasteiger charge is 2.23. The quantitative estimate of drug-likeness (QED) is 0.844. The van der Waals surface area contributed by atoms with Crippen molar-refractivity contribution in [3.05, 3.63) is 35.6 Å². The SMILES string of the molecule is FC[C@@H](c1ccccc1F)N1CCNCC1. The number of benzene rings is 1. The first-order valence-corrected chi connectivity index (χ1v) is 5.58. The van der Waals surface area contributed by atoms with Gasteiger partial charge >= 0.3 is 0 Å². The fourth-order valence-electron chi connectivity index (χ4n) is 2.12. The summed E-state index contributed by atoms with van der Waals surface area (Å²) >= 11 is 0. The van der Waals surface area contributed by atoms with Gasteiger partial charge in [0.2, 0.25) is 0 Å². The van der Waals surface area contributed by atoms with Crippen molar-refractivity contribution in [2.75, 3.05) is 32.9 Å². The zero-order valence-electron chi connectivity index (χ0n) is 9.13. The maximum absolute atomic E-state index is 13.6. The van der Waals surface area contributed by atoms with Crippen LogP contribution >= 0.6 is 0 Å². The Labute approximate surface area is 94.3 Å². The van der Waals surface area contributed by atoms with E-state index in [0.29, 0.717) is 5.56 Å². The van der Waals surface area contributed by atoms with Crippen LogP contribution in [-0.4, -0.2) is 37.8 Å². The molecule has 1 saturated heterocycles. The number of piperazine rings is 1. The Balaban J connectivity index is 2.18.